The van der Waals surface area contributed by atoms with Crippen LogP contribution in [0, 0.1) is 13.8 Å². The molecule has 0 saturated carbocycles. The van der Waals surface area contributed by atoms with E-state index < -0.39 is 0 Å². The van der Waals surface area contributed by atoms with E-state index in [1.54, 1.807) is 6.92 Å². The highest BCUT2D eigenvalue weighted by molar-refractivity contribution is 5.73. The van der Waals surface area contributed by atoms with E-state index in [4.69, 9.17) is 8.94 Å². The van der Waals surface area contributed by atoms with E-state index in [9.17, 15) is 4.79 Å². The van der Waals surface area contributed by atoms with Crippen LogP contribution < -0.4 is 5.32 Å². The molecular formula is C22H25N3O3. The Bertz CT molecular complexity index is 958. The third-order valence-corrected chi connectivity index (χ3v) is 5.20. The van der Waals surface area contributed by atoms with Crippen LogP contribution in [0.2, 0.25) is 0 Å². The molecule has 1 fully saturated rings. The minimum atomic E-state index is -0.0264. The number of amides is 1. The third-order valence-electron chi connectivity index (χ3n) is 5.20. The summed E-state index contributed by atoms with van der Waals surface area (Å²) in [5, 5.41) is 7.28. The molecule has 6 heteroatoms. The average molecular weight is 379 g/mol. The molecule has 3 heterocycles. The predicted molar refractivity (Wildman–Crippen MR) is 106 cm³/mol. The van der Waals surface area contributed by atoms with Crippen molar-refractivity contribution >= 4 is 5.91 Å². The van der Waals surface area contributed by atoms with Gasteiger partial charge in [0.1, 0.15) is 17.2 Å². The largest absolute Gasteiger partial charge is 0.466 e. The minimum Gasteiger partial charge on any atom is -0.466 e. The quantitative estimate of drug-likeness (QED) is 0.733. The van der Waals surface area contributed by atoms with Gasteiger partial charge < -0.3 is 14.3 Å². The van der Waals surface area contributed by atoms with Gasteiger partial charge >= 0.3 is 0 Å². The first-order chi connectivity index (χ1) is 13.5. The fraction of sp³-hybridized carbons (Fsp3) is 0.364. The maximum atomic E-state index is 11.6. The molecule has 0 aliphatic carbocycles. The summed E-state index contributed by atoms with van der Waals surface area (Å²) in [6.07, 6.45) is 0. The lowest BCUT2D eigenvalue weighted by atomic mass is 10.0. The highest BCUT2D eigenvalue weighted by atomic mass is 16.5. The van der Waals surface area contributed by atoms with Gasteiger partial charge in [0.25, 0.3) is 0 Å². The van der Waals surface area contributed by atoms with E-state index in [0.717, 1.165) is 41.6 Å². The fourth-order valence-corrected chi connectivity index (χ4v) is 3.83. The standard InChI is InChI=1S/C22H25N3O3/c1-14-4-7-17(8-5-14)20-10-18(28-24-20)11-25-12-19(21(13-25)23-16(3)26)22-9-6-15(2)27-22/h4-10,19,21H,11-13H2,1-3H3,(H,23,26). The first-order valence-corrected chi connectivity index (χ1v) is 9.56. The summed E-state index contributed by atoms with van der Waals surface area (Å²) in [7, 11) is 0. The van der Waals surface area contributed by atoms with Crippen molar-refractivity contribution in [3.05, 3.63) is 65.3 Å². The van der Waals surface area contributed by atoms with Crippen LogP contribution in [0.15, 0.2) is 51.4 Å². The Morgan fingerprint density at radius 2 is 1.96 bits per heavy atom. The van der Waals surface area contributed by atoms with Crippen LogP contribution in [0.3, 0.4) is 0 Å². The maximum absolute atomic E-state index is 11.6. The first-order valence-electron chi connectivity index (χ1n) is 9.56. The van der Waals surface area contributed by atoms with E-state index in [1.807, 2.05) is 25.1 Å². The molecule has 4 rings (SSSR count). The van der Waals surface area contributed by atoms with Crippen LogP contribution in [-0.2, 0) is 11.3 Å². The molecule has 0 radical (unpaired) electrons. The van der Waals surface area contributed by atoms with Gasteiger partial charge in [-0.05, 0) is 26.0 Å². The lowest BCUT2D eigenvalue weighted by Gasteiger charge is -2.17. The Hall–Kier alpha value is -2.86. The molecule has 1 N–H and O–H groups in total. The van der Waals surface area contributed by atoms with Crippen molar-refractivity contribution in [3.8, 4) is 11.3 Å². The van der Waals surface area contributed by atoms with E-state index >= 15 is 0 Å². The highest BCUT2D eigenvalue weighted by Crippen LogP contribution is 2.30. The van der Waals surface area contributed by atoms with Crippen LogP contribution in [0.25, 0.3) is 11.3 Å². The number of nitrogens with zero attached hydrogens (tertiary/aromatic N) is 2. The first kappa shape index (κ1) is 18.5. The number of aryl methyl sites for hydroxylation is 2. The Labute approximate surface area is 164 Å². The van der Waals surface area contributed by atoms with Crippen molar-refractivity contribution < 1.29 is 13.7 Å². The molecule has 0 spiro atoms. The lowest BCUT2D eigenvalue weighted by Crippen LogP contribution is -2.38. The monoisotopic (exact) mass is 379 g/mol. The number of likely N-dealkylation sites (tertiary alicyclic amines) is 1. The number of carbonyl (C=O) groups excluding carboxylic acids is 1. The van der Waals surface area contributed by atoms with Crippen molar-refractivity contribution in [1.29, 1.82) is 0 Å². The number of furan rings is 1. The molecule has 1 aromatic carbocycles. The molecule has 6 nitrogen and oxygen atoms in total. The Morgan fingerprint density at radius 1 is 1.18 bits per heavy atom. The molecule has 3 aromatic rings. The van der Waals surface area contributed by atoms with E-state index in [0.29, 0.717) is 6.54 Å². The van der Waals surface area contributed by atoms with Crippen LogP contribution in [-0.4, -0.2) is 35.1 Å². The van der Waals surface area contributed by atoms with Gasteiger partial charge in [-0.2, -0.15) is 0 Å². The van der Waals surface area contributed by atoms with Crippen molar-refractivity contribution in [1.82, 2.24) is 15.4 Å². The Kier molecular flexibility index (Phi) is 5.05. The van der Waals surface area contributed by atoms with Crippen LogP contribution in [0.5, 0.6) is 0 Å². The molecule has 0 bridgehead atoms. The fourth-order valence-electron chi connectivity index (χ4n) is 3.83. The van der Waals surface area contributed by atoms with Crippen molar-refractivity contribution in [2.45, 2.75) is 39.3 Å². The normalized spacial score (nSPS) is 19.8. The predicted octanol–water partition coefficient (Wildman–Crippen LogP) is 3.66. The lowest BCUT2D eigenvalue weighted by molar-refractivity contribution is -0.119. The van der Waals surface area contributed by atoms with Gasteiger partial charge in [-0.15, -0.1) is 0 Å². The summed E-state index contributed by atoms with van der Waals surface area (Å²) in [5.41, 5.74) is 3.10. The second-order valence-corrected chi connectivity index (χ2v) is 7.60. The minimum absolute atomic E-state index is 0.0162. The zero-order chi connectivity index (χ0) is 19.7. The van der Waals surface area contributed by atoms with Crippen molar-refractivity contribution in [2.24, 2.45) is 0 Å². The van der Waals surface area contributed by atoms with Gasteiger partial charge in [0, 0.05) is 31.6 Å². The average Bonchev–Trinajstić information content (AvgIpc) is 3.36. The SMILES string of the molecule is CC(=O)NC1CN(Cc2cc(-c3ccc(C)cc3)no2)CC1c1ccc(C)o1. The van der Waals surface area contributed by atoms with E-state index in [2.05, 4.69) is 46.6 Å². The molecule has 1 aliphatic heterocycles. The topological polar surface area (TPSA) is 71.5 Å². The van der Waals surface area contributed by atoms with Gasteiger partial charge in [-0.3, -0.25) is 9.69 Å². The van der Waals surface area contributed by atoms with E-state index in [-0.39, 0.29) is 17.9 Å². The van der Waals surface area contributed by atoms with Crippen molar-refractivity contribution in [2.75, 3.05) is 13.1 Å². The summed E-state index contributed by atoms with van der Waals surface area (Å²) in [5.74, 6) is 2.71. The number of hydrogen-bond acceptors (Lipinski definition) is 5. The second-order valence-electron chi connectivity index (χ2n) is 7.60. The van der Waals surface area contributed by atoms with Gasteiger partial charge in [-0.25, -0.2) is 0 Å². The molecule has 1 saturated heterocycles. The maximum Gasteiger partial charge on any atom is 0.217 e. The molecule has 146 valence electrons. The molecule has 2 aromatic heterocycles. The van der Waals surface area contributed by atoms with Gasteiger partial charge in [-0.1, -0.05) is 35.0 Å². The zero-order valence-corrected chi connectivity index (χ0v) is 16.4. The smallest absolute Gasteiger partial charge is 0.217 e. The summed E-state index contributed by atoms with van der Waals surface area (Å²) < 4.78 is 11.4. The van der Waals surface area contributed by atoms with Crippen molar-refractivity contribution in [3.63, 3.8) is 0 Å². The van der Waals surface area contributed by atoms with Crippen LogP contribution in [0.1, 0.15) is 35.7 Å². The third kappa shape index (κ3) is 4.02. The van der Waals surface area contributed by atoms with Gasteiger partial charge in [0.2, 0.25) is 5.91 Å². The molecular weight excluding hydrogens is 354 g/mol. The second kappa shape index (κ2) is 7.64. The molecule has 28 heavy (non-hydrogen) atoms. The zero-order valence-electron chi connectivity index (χ0n) is 16.4. The van der Waals surface area contributed by atoms with Crippen LogP contribution in [0.4, 0.5) is 0 Å². The molecule has 1 amide bonds. The number of aromatic nitrogens is 1. The van der Waals surface area contributed by atoms with Gasteiger partial charge in [0.15, 0.2) is 5.76 Å². The number of rotatable bonds is 5. The van der Waals surface area contributed by atoms with E-state index in [1.165, 1.54) is 5.56 Å². The Balaban J connectivity index is 1.47. The number of carbonyl (C=O) groups is 1. The number of benzene rings is 1. The van der Waals surface area contributed by atoms with Gasteiger partial charge in [0.05, 0.1) is 18.5 Å². The molecule has 2 unspecified atom stereocenters. The molecule has 2 atom stereocenters. The molecule has 1 aliphatic rings. The summed E-state index contributed by atoms with van der Waals surface area (Å²) >= 11 is 0. The summed E-state index contributed by atoms with van der Waals surface area (Å²) in [4.78, 5) is 13.9. The Morgan fingerprint density at radius 3 is 2.64 bits per heavy atom. The summed E-state index contributed by atoms with van der Waals surface area (Å²) in [6.45, 7) is 7.73. The number of hydrogen-bond donors (Lipinski definition) is 1. The summed E-state index contributed by atoms with van der Waals surface area (Å²) in [6, 6.07) is 14.2. The highest BCUT2D eigenvalue weighted by Gasteiger charge is 2.36. The van der Waals surface area contributed by atoms with Crippen LogP contribution >= 0.6 is 0 Å². The number of nitrogens with one attached hydrogen (secondary N) is 1.